The van der Waals surface area contributed by atoms with Gasteiger partial charge in [0.2, 0.25) is 0 Å². The molecule has 3 amide bonds. The van der Waals surface area contributed by atoms with Crippen LogP contribution in [0.3, 0.4) is 0 Å². The molecule has 1 N–H and O–H groups in total. The maximum absolute atomic E-state index is 12.7. The summed E-state index contributed by atoms with van der Waals surface area (Å²) in [5, 5.41) is 2.80. The van der Waals surface area contributed by atoms with Gasteiger partial charge in [-0.1, -0.05) is 12.1 Å². The van der Waals surface area contributed by atoms with Crippen LogP contribution in [0.4, 0.5) is 13.6 Å². The second-order valence-corrected chi connectivity index (χ2v) is 6.98. The van der Waals surface area contributed by atoms with Crippen molar-refractivity contribution in [3.63, 3.8) is 0 Å². The van der Waals surface area contributed by atoms with Crippen molar-refractivity contribution in [3.05, 3.63) is 29.8 Å². The van der Waals surface area contributed by atoms with Crippen LogP contribution in [-0.4, -0.2) is 53.6 Å². The summed E-state index contributed by atoms with van der Waals surface area (Å²) in [6, 6.07) is 5.95. The number of hydrogen-bond donors (Lipinski definition) is 1. The number of benzene rings is 1. The standard InChI is InChI=1S/C18H23F2N3O3/c1-18(9-8-13-4-6-14(7-5-13)26-16(19)20)15(24)23(17(25)21-18)12-22-10-2-3-11-22/h4-7,16H,2-3,8-12H2,1H3,(H,21,25). The second-order valence-electron chi connectivity index (χ2n) is 6.98. The van der Waals surface area contributed by atoms with Gasteiger partial charge in [0, 0.05) is 0 Å². The van der Waals surface area contributed by atoms with Crippen molar-refractivity contribution in [1.82, 2.24) is 15.1 Å². The molecule has 0 aromatic heterocycles. The predicted octanol–water partition coefficient (Wildman–Crippen LogP) is 2.58. The van der Waals surface area contributed by atoms with Gasteiger partial charge in [-0.05, 0) is 63.4 Å². The van der Waals surface area contributed by atoms with Crippen LogP contribution >= 0.6 is 0 Å². The van der Waals surface area contributed by atoms with Crippen LogP contribution in [0, 0.1) is 0 Å². The second kappa shape index (κ2) is 7.57. The van der Waals surface area contributed by atoms with Crippen molar-refractivity contribution in [3.8, 4) is 5.75 Å². The van der Waals surface area contributed by atoms with Gasteiger partial charge in [-0.3, -0.25) is 9.69 Å². The Labute approximate surface area is 151 Å². The number of amides is 3. The van der Waals surface area contributed by atoms with E-state index in [1.54, 1.807) is 19.1 Å². The Bertz CT molecular complexity index is 662. The molecule has 0 spiro atoms. The first-order chi connectivity index (χ1) is 12.4. The molecule has 2 aliphatic rings. The van der Waals surface area contributed by atoms with Gasteiger partial charge >= 0.3 is 12.6 Å². The van der Waals surface area contributed by atoms with Crippen molar-refractivity contribution in [2.45, 2.75) is 44.8 Å². The number of carbonyl (C=O) groups is 2. The Kier molecular flexibility index (Phi) is 5.41. The fraction of sp³-hybridized carbons (Fsp3) is 0.556. The summed E-state index contributed by atoms with van der Waals surface area (Å²) in [4.78, 5) is 28.3. The topological polar surface area (TPSA) is 61.9 Å². The number of ether oxygens (including phenoxy) is 1. The minimum absolute atomic E-state index is 0.0944. The van der Waals surface area contributed by atoms with Gasteiger partial charge in [0.25, 0.3) is 5.91 Å². The van der Waals surface area contributed by atoms with E-state index in [2.05, 4.69) is 15.0 Å². The van der Waals surface area contributed by atoms with E-state index in [-0.39, 0.29) is 17.7 Å². The Balaban J connectivity index is 1.58. The van der Waals surface area contributed by atoms with E-state index in [0.29, 0.717) is 19.5 Å². The van der Waals surface area contributed by atoms with Gasteiger partial charge in [0.1, 0.15) is 11.3 Å². The third-order valence-electron chi connectivity index (χ3n) is 4.95. The molecule has 0 bridgehead atoms. The maximum Gasteiger partial charge on any atom is 0.387 e. The fourth-order valence-electron chi connectivity index (χ4n) is 3.40. The van der Waals surface area contributed by atoms with Gasteiger partial charge in [0.05, 0.1) is 6.67 Å². The number of rotatable bonds is 7. The number of nitrogens with zero attached hydrogens (tertiary/aromatic N) is 2. The third-order valence-corrected chi connectivity index (χ3v) is 4.95. The van der Waals surface area contributed by atoms with Crippen molar-refractivity contribution >= 4 is 11.9 Å². The van der Waals surface area contributed by atoms with Gasteiger partial charge in [0.15, 0.2) is 0 Å². The molecule has 6 nitrogen and oxygen atoms in total. The van der Waals surface area contributed by atoms with Gasteiger partial charge in [-0.25, -0.2) is 9.69 Å². The van der Waals surface area contributed by atoms with E-state index in [9.17, 15) is 18.4 Å². The Hall–Kier alpha value is -2.22. The Morgan fingerprint density at radius 3 is 2.46 bits per heavy atom. The number of alkyl halides is 2. The van der Waals surface area contributed by atoms with Gasteiger partial charge in [-0.2, -0.15) is 8.78 Å². The first-order valence-electron chi connectivity index (χ1n) is 8.78. The van der Waals surface area contributed by atoms with E-state index in [1.165, 1.54) is 17.0 Å². The van der Waals surface area contributed by atoms with Crippen LogP contribution in [0.25, 0.3) is 0 Å². The first-order valence-corrected chi connectivity index (χ1v) is 8.78. The van der Waals surface area contributed by atoms with E-state index < -0.39 is 12.2 Å². The highest BCUT2D eigenvalue weighted by Gasteiger charge is 2.47. The molecule has 2 fully saturated rings. The van der Waals surface area contributed by atoms with Crippen LogP contribution < -0.4 is 10.1 Å². The van der Waals surface area contributed by atoms with E-state index >= 15 is 0 Å². The van der Waals surface area contributed by atoms with Crippen LogP contribution in [0.2, 0.25) is 0 Å². The lowest BCUT2D eigenvalue weighted by Gasteiger charge is -2.24. The summed E-state index contributed by atoms with van der Waals surface area (Å²) >= 11 is 0. The highest BCUT2D eigenvalue weighted by atomic mass is 19.3. The number of nitrogens with one attached hydrogen (secondary N) is 1. The quantitative estimate of drug-likeness (QED) is 0.753. The molecule has 1 aromatic rings. The van der Waals surface area contributed by atoms with Crippen molar-refractivity contribution in [2.75, 3.05) is 19.8 Å². The van der Waals surface area contributed by atoms with Crippen LogP contribution in [0.15, 0.2) is 24.3 Å². The molecule has 0 aliphatic carbocycles. The molecule has 2 heterocycles. The molecule has 0 radical (unpaired) electrons. The highest BCUT2D eigenvalue weighted by Crippen LogP contribution is 2.25. The lowest BCUT2D eigenvalue weighted by molar-refractivity contribution is -0.132. The van der Waals surface area contributed by atoms with Crippen molar-refractivity contribution < 1.29 is 23.1 Å². The summed E-state index contributed by atoms with van der Waals surface area (Å²) in [6.45, 7) is 1.01. The summed E-state index contributed by atoms with van der Waals surface area (Å²) in [5.41, 5.74) is -0.0672. The van der Waals surface area contributed by atoms with E-state index in [4.69, 9.17) is 0 Å². The van der Waals surface area contributed by atoms with Gasteiger partial charge < -0.3 is 10.1 Å². The molecule has 26 heavy (non-hydrogen) atoms. The van der Waals surface area contributed by atoms with Crippen molar-refractivity contribution in [1.29, 1.82) is 0 Å². The first kappa shape index (κ1) is 18.6. The molecular weight excluding hydrogens is 344 g/mol. The van der Waals surface area contributed by atoms with Crippen molar-refractivity contribution in [2.24, 2.45) is 0 Å². The fourth-order valence-corrected chi connectivity index (χ4v) is 3.40. The smallest absolute Gasteiger partial charge is 0.387 e. The van der Waals surface area contributed by atoms with Crippen LogP contribution in [0.1, 0.15) is 31.7 Å². The highest BCUT2D eigenvalue weighted by molar-refractivity contribution is 6.06. The minimum Gasteiger partial charge on any atom is -0.435 e. The molecular formula is C18H23F2N3O3. The average Bonchev–Trinajstić information content (AvgIpc) is 3.17. The monoisotopic (exact) mass is 367 g/mol. The van der Waals surface area contributed by atoms with E-state index in [1.807, 2.05) is 0 Å². The van der Waals surface area contributed by atoms with Crippen LogP contribution in [0.5, 0.6) is 5.75 Å². The summed E-state index contributed by atoms with van der Waals surface area (Å²) in [7, 11) is 0. The predicted molar refractivity (Wildman–Crippen MR) is 90.9 cm³/mol. The molecule has 3 rings (SSSR count). The zero-order chi connectivity index (χ0) is 18.7. The normalized spacial score (nSPS) is 23.8. The molecule has 0 saturated carbocycles. The molecule has 8 heteroatoms. The minimum atomic E-state index is -2.85. The Morgan fingerprint density at radius 2 is 1.85 bits per heavy atom. The Morgan fingerprint density at radius 1 is 1.19 bits per heavy atom. The number of urea groups is 1. The summed E-state index contributed by atoms with van der Waals surface area (Å²) in [6.07, 6.45) is 3.15. The molecule has 142 valence electrons. The average molecular weight is 367 g/mol. The largest absolute Gasteiger partial charge is 0.435 e. The number of carbonyl (C=O) groups excluding carboxylic acids is 2. The van der Waals surface area contributed by atoms with Gasteiger partial charge in [-0.15, -0.1) is 0 Å². The zero-order valence-electron chi connectivity index (χ0n) is 14.7. The third kappa shape index (κ3) is 4.12. The lowest BCUT2D eigenvalue weighted by atomic mass is 9.93. The molecule has 2 saturated heterocycles. The number of likely N-dealkylation sites (tertiary alicyclic amines) is 1. The SMILES string of the molecule is CC1(CCc2ccc(OC(F)F)cc2)NC(=O)N(CN2CCCC2)C1=O. The summed E-state index contributed by atoms with van der Waals surface area (Å²) in [5.74, 6) is -0.121. The number of aryl methyl sites for hydroxylation is 1. The number of halogens is 2. The van der Waals surface area contributed by atoms with E-state index in [0.717, 1.165) is 31.5 Å². The van der Waals surface area contributed by atoms with Crippen LogP contribution in [-0.2, 0) is 11.2 Å². The number of hydrogen-bond acceptors (Lipinski definition) is 4. The molecule has 1 unspecified atom stereocenters. The molecule has 1 atom stereocenters. The number of imide groups is 1. The lowest BCUT2D eigenvalue weighted by Crippen LogP contribution is -2.45. The molecule has 2 aliphatic heterocycles. The molecule has 1 aromatic carbocycles. The summed E-state index contributed by atoms with van der Waals surface area (Å²) < 4.78 is 28.7. The zero-order valence-corrected chi connectivity index (χ0v) is 14.7. The maximum atomic E-state index is 12.7.